The van der Waals surface area contributed by atoms with Crippen molar-refractivity contribution >= 4 is 80.4 Å². The number of nitrogens with zero attached hydrogens (tertiary/aromatic N) is 4. The number of anilines is 1. The molecule has 10 nitrogen and oxygen atoms in total. The van der Waals surface area contributed by atoms with Gasteiger partial charge in [-0.05, 0) is 0 Å². The van der Waals surface area contributed by atoms with Gasteiger partial charge in [0.15, 0.2) is 5.13 Å². The maximum Gasteiger partial charge on any atom is 0.269 e. The van der Waals surface area contributed by atoms with Gasteiger partial charge in [-0.2, -0.15) is 4.98 Å². The van der Waals surface area contributed by atoms with Crippen LogP contribution in [0.15, 0.2) is 27.8 Å². The number of fused-ring (bicyclic) bond motifs is 1. The van der Waals surface area contributed by atoms with E-state index >= 15 is 0 Å². The van der Waals surface area contributed by atoms with Crippen molar-refractivity contribution in [1.82, 2.24) is 20.2 Å². The molecule has 0 spiro atoms. The Morgan fingerprint density at radius 3 is 2.88 bits per heavy atom. The summed E-state index contributed by atoms with van der Waals surface area (Å²) >= 11 is 7.78. The summed E-state index contributed by atoms with van der Waals surface area (Å²) in [4.78, 5) is 52.0. The molecule has 0 saturated carbocycles. The van der Waals surface area contributed by atoms with Gasteiger partial charge in [0.05, 0.1) is 12.1 Å². The zero-order valence-corrected chi connectivity index (χ0v) is 19.4. The molecule has 0 radical (unpaired) electrons. The third kappa shape index (κ3) is 4.37. The maximum absolute atomic E-state index is 12.9. The number of aromatic nitrogens is 2. The van der Waals surface area contributed by atoms with Gasteiger partial charge in [0.1, 0.15) is 27.8 Å². The van der Waals surface area contributed by atoms with E-state index in [1.54, 1.807) is 11.6 Å². The lowest BCUT2D eigenvalue weighted by molar-refractivity contribution is -0.145. The van der Waals surface area contributed by atoms with Crippen molar-refractivity contribution in [3.8, 4) is 5.88 Å². The monoisotopic (exact) mass is 514 g/mol. The van der Waals surface area contributed by atoms with Gasteiger partial charge in [-0.3, -0.25) is 23.7 Å². The lowest BCUT2D eigenvalue weighted by atomic mass is 10.0. The number of oxime groups is 1. The minimum Gasteiger partial charge on any atom is -0.375 e. The number of nitrogens with one attached hydrogen (secondary N) is 1. The molecule has 1 fully saturated rings. The fraction of sp³-hybridized carbons (Fsp3) is 0.294. The number of nitrogen functional groups attached to an aromatic ring is 1. The number of thioether (sulfide) groups is 1. The zero-order valence-electron chi connectivity index (χ0n) is 16.1. The molecular weight excluding hydrogens is 499 g/mol. The van der Waals surface area contributed by atoms with Crippen LogP contribution in [0.4, 0.5) is 9.52 Å². The SMILES string of the molecule is Nc1nc(O/N=C(/CCF)C(=O)N[C@@H]2C(=O)N3C(C(=O)S)=C(c4nccs4)CS[C@H]23)cs1. The summed E-state index contributed by atoms with van der Waals surface area (Å²) in [5.41, 5.74) is 6.04. The molecule has 0 unspecified atom stereocenters. The Morgan fingerprint density at radius 2 is 2.25 bits per heavy atom. The van der Waals surface area contributed by atoms with Crippen molar-refractivity contribution in [1.29, 1.82) is 0 Å². The minimum absolute atomic E-state index is 0.0715. The van der Waals surface area contributed by atoms with Gasteiger partial charge >= 0.3 is 0 Å². The number of hydrogen-bond acceptors (Lipinski definition) is 11. The number of β-lactam (4-membered cyclic amide) rings is 1. The quantitative estimate of drug-likeness (QED) is 0.209. The smallest absolute Gasteiger partial charge is 0.269 e. The van der Waals surface area contributed by atoms with Crippen LogP contribution in [0.25, 0.3) is 5.57 Å². The number of carbonyl (C=O) groups is 3. The number of alkyl halides is 1. The predicted octanol–water partition coefficient (Wildman–Crippen LogP) is 1.54. The van der Waals surface area contributed by atoms with E-state index in [9.17, 15) is 18.8 Å². The Balaban J connectivity index is 1.49. The Labute approximate surface area is 198 Å². The molecule has 3 N–H and O–H groups in total. The minimum atomic E-state index is -0.909. The van der Waals surface area contributed by atoms with Crippen LogP contribution in [0.3, 0.4) is 0 Å². The molecule has 2 amide bonds. The van der Waals surface area contributed by atoms with Crippen LogP contribution < -0.4 is 15.9 Å². The van der Waals surface area contributed by atoms with Crippen LogP contribution >= 0.6 is 47.1 Å². The summed E-state index contributed by atoms with van der Waals surface area (Å²) in [5.74, 6) is -0.745. The number of carbonyl (C=O) groups excluding carboxylic acids is 3. The molecular formula is C17H15FN6O4S4. The van der Waals surface area contributed by atoms with E-state index < -0.39 is 35.0 Å². The number of nitrogens with two attached hydrogens (primary N) is 1. The molecule has 4 rings (SSSR count). The Bertz CT molecular complexity index is 1120. The van der Waals surface area contributed by atoms with Crippen molar-refractivity contribution in [2.45, 2.75) is 17.8 Å². The van der Waals surface area contributed by atoms with Gasteiger partial charge in [0.2, 0.25) is 5.12 Å². The fourth-order valence-electron chi connectivity index (χ4n) is 3.09. The molecule has 15 heteroatoms. The Kier molecular flexibility index (Phi) is 6.78. The largest absolute Gasteiger partial charge is 0.375 e. The molecule has 0 aliphatic carbocycles. The first-order valence-corrected chi connectivity index (χ1v) is 12.3. The summed E-state index contributed by atoms with van der Waals surface area (Å²) in [5, 5.41) is 9.29. The third-order valence-electron chi connectivity index (χ3n) is 4.49. The number of thiazole rings is 2. The van der Waals surface area contributed by atoms with Crippen LogP contribution in [0.1, 0.15) is 11.4 Å². The topological polar surface area (TPSA) is 140 Å². The van der Waals surface area contributed by atoms with Crippen LogP contribution in [0, 0.1) is 0 Å². The summed E-state index contributed by atoms with van der Waals surface area (Å²) in [6.45, 7) is -0.851. The van der Waals surface area contributed by atoms with E-state index in [-0.39, 0.29) is 28.8 Å². The Hall–Kier alpha value is -2.49. The second kappa shape index (κ2) is 9.56. The van der Waals surface area contributed by atoms with Gasteiger partial charge in [-0.15, -0.1) is 34.4 Å². The number of hydrogen-bond donors (Lipinski definition) is 3. The first-order chi connectivity index (χ1) is 15.4. The van der Waals surface area contributed by atoms with Crippen LogP contribution in [0.2, 0.25) is 0 Å². The molecule has 2 aliphatic rings. The van der Waals surface area contributed by atoms with Crippen molar-refractivity contribution in [3.63, 3.8) is 0 Å². The van der Waals surface area contributed by atoms with Crippen molar-refractivity contribution in [2.75, 3.05) is 18.2 Å². The maximum atomic E-state index is 12.9. The van der Waals surface area contributed by atoms with E-state index in [0.29, 0.717) is 16.3 Å². The summed E-state index contributed by atoms with van der Waals surface area (Å²) in [7, 11) is 0. The first kappa shape index (κ1) is 22.7. The lowest BCUT2D eigenvalue weighted by Crippen LogP contribution is -2.70. The van der Waals surface area contributed by atoms with E-state index in [1.165, 1.54) is 33.4 Å². The van der Waals surface area contributed by atoms with Gasteiger partial charge < -0.3 is 15.9 Å². The van der Waals surface area contributed by atoms with E-state index in [2.05, 4.69) is 33.1 Å². The van der Waals surface area contributed by atoms with Gasteiger partial charge in [-0.1, -0.05) is 17.8 Å². The van der Waals surface area contributed by atoms with Crippen LogP contribution in [-0.4, -0.2) is 61.4 Å². The highest BCUT2D eigenvalue weighted by atomic mass is 32.2. The van der Waals surface area contributed by atoms with Crippen molar-refractivity contribution in [2.24, 2.45) is 5.16 Å². The fourth-order valence-corrected chi connectivity index (χ4v) is 5.91. The van der Waals surface area contributed by atoms with Gasteiger partial charge in [0.25, 0.3) is 17.7 Å². The first-order valence-electron chi connectivity index (χ1n) is 9.03. The second-order valence-electron chi connectivity index (χ2n) is 6.42. The number of thiol groups is 1. The molecule has 2 atom stereocenters. The average molecular weight is 515 g/mol. The molecule has 0 aromatic carbocycles. The molecule has 2 aromatic heterocycles. The highest BCUT2D eigenvalue weighted by Crippen LogP contribution is 2.44. The van der Waals surface area contributed by atoms with Crippen molar-refractivity contribution in [3.05, 3.63) is 27.7 Å². The molecule has 1 saturated heterocycles. The highest BCUT2D eigenvalue weighted by Gasteiger charge is 2.54. The average Bonchev–Trinajstić information content (AvgIpc) is 3.45. The number of halogens is 1. The summed E-state index contributed by atoms with van der Waals surface area (Å²) < 4.78 is 12.9. The molecule has 168 valence electrons. The lowest BCUT2D eigenvalue weighted by Gasteiger charge is -2.49. The Morgan fingerprint density at radius 1 is 1.44 bits per heavy atom. The standard InChI is InChI=1S/C17H15FN6O4S4/c18-2-1-8(23-28-9-6-32-17(19)21-9)12(25)22-10-14(26)24-11(16(27)29)7(5-31-15(10)24)13-20-3-4-30-13/h3-4,6,10,15H,1-2,5H2,(H2,19,21)(H,22,25)(H,27,29)/b23-8-/t10-,15-/m1/s1. The molecule has 2 aliphatic heterocycles. The second-order valence-corrected chi connectivity index (χ2v) is 9.72. The number of rotatable bonds is 8. The molecule has 4 heterocycles. The van der Waals surface area contributed by atoms with Crippen molar-refractivity contribution < 1.29 is 23.6 Å². The van der Waals surface area contributed by atoms with Crippen LogP contribution in [-0.2, 0) is 14.4 Å². The molecule has 2 aromatic rings. The van der Waals surface area contributed by atoms with Crippen LogP contribution in [0.5, 0.6) is 5.88 Å². The molecule has 0 bridgehead atoms. The number of amides is 2. The zero-order chi connectivity index (χ0) is 22.8. The van der Waals surface area contributed by atoms with E-state index in [4.69, 9.17) is 10.6 Å². The predicted molar refractivity (Wildman–Crippen MR) is 123 cm³/mol. The van der Waals surface area contributed by atoms with E-state index in [1.807, 2.05) is 0 Å². The highest BCUT2D eigenvalue weighted by molar-refractivity contribution is 8.00. The van der Waals surface area contributed by atoms with E-state index in [0.717, 1.165) is 11.3 Å². The van der Waals surface area contributed by atoms with Gasteiger partial charge in [0, 0.05) is 29.3 Å². The van der Waals surface area contributed by atoms with Gasteiger partial charge in [-0.25, -0.2) is 4.98 Å². The molecule has 32 heavy (non-hydrogen) atoms. The third-order valence-corrected chi connectivity index (χ3v) is 7.47. The normalized spacial score (nSPS) is 20.6. The summed E-state index contributed by atoms with van der Waals surface area (Å²) in [6.07, 6.45) is 1.29. The summed E-state index contributed by atoms with van der Waals surface area (Å²) in [6, 6.07) is -0.909.